The van der Waals surface area contributed by atoms with Crippen molar-refractivity contribution < 1.29 is 13.6 Å². The number of halogens is 2. The molecule has 0 bridgehead atoms. The van der Waals surface area contributed by atoms with Crippen molar-refractivity contribution in [2.45, 2.75) is 31.8 Å². The Balaban J connectivity index is 1.86. The van der Waals surface area contributed by atoms with Gasteiger partial charge in [-0.15, -0.1) is 0 Å². The van der Waals surface area contributed by atoms with Gasteiger partial charge in [-0.2, -0.15) is 5.26 Å². The zero-order valence-electron chi connectivity index (χ0n) is 18.8. The number of carbonyl (C=O) groups excluding carboxylic acids is 1. The van der Waals surface area contributed by atoms with E-state index in [2.05, 4.69) is 15.3 Å². The summed E-state index contributed by atoms with van der Waals surface area (Å²) in [5.74, 6) is -2.05. The number of hydrogen-bond acceptors (Lipinski definition) is 6. The second-order valence-electron chi connectivity index (χ2n) is 8.79. The number of benzene rings is 1. The van der Waals surface area contributed by atoms with Crippen LogP contribution in [0.5, 0.6) is 0 Å². The van der Waals surface area contributed by atoms with Crippen molar-refractivity contribution in [3.05, 3.63) is 77.4 Å². The molecular weight excluding hydrogens is 438 g/mol. The Morgan fingerprint density at radius 2 is 2.00 bits per heavy atom. The van der Waals surface area contributed by atoms with Gasteiger partial charge in [-0.1, -0.05) is 6.07 Å². The highest BCUT2D eigenvalue weighted by atomic mass is 19.1. The first-order valence-corrected chi connectivity index (χ1v) is 10.8. The number of nitrogens with one attached hydrogen (secondary N) is 1. The Morgan fingerprint density at radius 3 is 2.59 bits per heavy atom. The van der Waals surface area contributed by atoms with Gasteiger partial charge in [-0.3, -0.25) is 9.78 Å². The predicted molar refractivity (Wildman–Crippen MR) is 124 cm³/mol. The molecule has 1 saturated heterocycles. The SMILES string of the molecule is CC(NC(=O)c1cnc(C#N)c(-c2cc(F)cc(F)c2)c1N1CC[C@](C)(N)C1)c1ccccn1. The Morgan fingerprint density at radius 1 is 1.26 bits per heavy atom. The van der Waals surface area contributed by atoms with Crippen molar-refractivity contribution in [1.29, 1.82) is 5.26 Å². The number of hydrogen-bond donors (Lipinski definition) is 2. The van der Waals surface area contributed by atoms with E-state index < -0.39 is 29.1 Å². The van der Waals surface area contributed by atoms with E-state index in [1.54, 1.807) is 25.3 Å². The second-order valence-corrected chi connectivity index (χ2v) is 8.79. The molecule has 3 heterocycles. The lowest BCUT2D eigenvalue weighted by molar-refractivity contribution is 0.0939. The number of anilines is 1. The Kier molecular flexibility index (Phi) is 6.26. The molecule has 1 aliphatic rings. The molecular formula is C25H24F2N6O. The number of rotatable bonds is 5. The van der Waals surface area contributed by atoms with E-state index in [0.717, 1.165) is 18.2 Å². The summed E-state index contributed by atoms with van der Waals surface area (Å²) in [5, 5.41) is 12.7. The minimum absolute atomic E-state index is 0.0417. The minimum Gasteiger partial charge on any atom is -0.368 e. The van der Waals surface area contributed by atoms with Crippen molar-refractivity contribution in [3.8, 4) is 17.2 Å². The van der Waals surface area contributed by atoms with E-state index in [4.69, 9.17) is 5.73 Å². The Bertz CT molecular complexity index is 1250. The molecule has 0 saturated carbocycles. The molecule has 1 aliphatic heterocycles. The van der Waals surface area contributed by atoms with Crippen LogP contribution in [0.15, 0.2) is 48.8 Å². The molecule has 0 radical (unpaired) electrons. The summed E-state index contributed by atoms with van der Waals surface area (Å²) in [7, 11) is 0. The number of pyridine rings is 2. The van der Waals surface area contributed by atoms with Gasteiger partial charge >= 0.3 is 0 Å². The molecule has 3 N–H and O–H groups in total. The van der Waals surface area contributed by atoms with Crippen LogP contribution < -0.4 is 16.0 Å². The predicted octanol–water partition coefficient (Wildman–Crippen LogP) is 3.71. The van der Waals surface area contributed by atoms with Crippen molar-refractivity contribution in [1.82, 2.24) is 15.3 Å². The van der Waals surface area contributed by atoms with Gasteiger partial charge in [-0.05, 0) is 50.1 Å². The summed E-state index contributed by atoms with van der Waals surface area (Å²) < 4.78 is 28.3. The van der Waals surface area contributed by atoms with Gasteiger partial charge in [0, 0.05) is 42.7 Å². The number of nitrogens with two attached hydrogens (primary N) is 1. The van der Waals surface area contributed by atoms with Crippen molar-refractivity contribution in [2.24, 2.45) is 5.73 Å². The first-order chi connectivity index (χ1) is 16.2. The maximum atomic E-state index is 14.1. The van der Waals surface area contributed by atoms with Crippen LogP contribution >= 0.6 is 0 Å². The molecule has 1 fully saturated rings. The summed E-state index contributed by atoms with van der Waals surface area (Å²) >= 11 is 0. The van der Waals surface area contributed by atoms with Crippen LogP contribution in [0.2, 0.25) is 0 Å². The van der Waals surface area contributed by atoms with Gasteiger partial charge in [0.1, 0.15) is 23.4 Å². The van der Waals surface area contributed by atoms with E-state index >= 15 is 0 Å². The van der Waals surface area contributed by atoms with Gasteiger partial charge in [0.05, 0.1) is 23.0 Å². The molecule has 7 nitrogen and oxygen atoms in total. The third kappa shape index (κ3) is 4.72. The molecule has 34 heavy (non-hydrogen) atoms. The first-order valence-electron chi connectivity index (χ1n) is 10.8. The van der Waals surface area contributed by atoms with Crippen LogP contribution in [0, 0.1) is 23.0 Å². The zero-order chi connectivity index (χ0) is 24.5. The molecule has 9 heteroatoms. The second kappa shape index (κ2) is 9.15. The van der Waals surface area contributed by atoms with Crippen molar-refractivity contribution in [3.63, 3.8) is 0 Å². The number of aromatic nitrogens is 2. The van der Waals surface area contributed by atoms with E-state index in [1.165, 1.54) is 6.20 Å². The number of carbonyl (C=O) groups is 1. The fraction of sp³-hybridized carbons (Fsp3) is 0.280. The largest absolute Gasteiger partial charge is 0.368 e. The van der Waals surface area contributed by atoms with Gasteiger partial charge in [0.25, 0.3) is 5.91 Å². The summed E-state index contributed by atoms with van der Waals surface area (Å²) in [4.78, 5) is 23.7. The molecule has 174 valence electrons. The van der Waals surface area contributed by atoms with Crippen LogP contribution in [0.25, 0.3) is 11.1 Å². The third-order valence-corrected chi connectivity index (χ3v) is 5.85. The summed E-state index contributed by atoms with van der Waals surface area (Å²) in [6.45, 7) is 4.59. The van der Waals surface area contributed by atoms with Crippen LogP contribution in [0.3, 0.4) is 0 Å². The molecule has 1 amide bonds. The molecule has 3 aromatic rings. The van der Waals surface area contributed by atoms with E-state index in [-0.39, 0.29) is 22.4 Å². The zero-order valence-corrected chi connectivity index (χ0v) is 18.8. The van der Waals surface area contributed by atoms with Crippen LogP contribution in [-0.4, -0.2) is 34.5 Å². The van der Waals surface area contributed by atoms with Crippen LogP contribution in [0.4, 0.5) is 14.5 Å². The van der Waals surface area contributed by atoms with E-state index in [0.29, 0.717) is 30.9 Å². The minimum atomic E-state index is -0.798. The number of nitrogens with zero attached hydrogens (tertiary/aromatic N) is 4. The summed E-state index contributed by atoms with van der Waals surface area (Å²) in [6, 6.07) is 9.98. The fourth-order valence-corrected chi connectivity index (χ4v) is 4.21. The average Bonchev–Trinajstić information content (AvgIpc) is 3.17. The summed E-state index contributed by atoms with van der Waals surface area (Å²) in [5.41, 5.74) is 7.30. The highest BCUT2D eigenvalue weighted by molar-refractivity contribution is 6.04. The maximum Gasteiger partial charge on any atom is 0.255 e. The van der Waals surface area contributed by atoms with Gasteiger partial charge in [-0.25, -0.2) is 13.8 Å². The number of amides is 1. The summed E-state index contributed by atoms with van der Waals surface area (Å²) in [6.07, 6.45) is 3.59. The molecule has 2 atom stereocenters. The number of nitriles is 1. The molecule has 2 aromatic heterocycles. The lowest BCUT2D eigenvalue weighted by atomic mass is 9.97. The van der Waals surface area contributed by atoms with Gasteiger partial charge in [0.2, 0.25) is 0 Å². The first kappa shape index (κ1) is 23.3. The fourth-order valence-electron chi connectivity index (χ4n) is 4.21. The highest BCUT2D eigenvalue weighted by Gasteiger charge is 2.35. The normalized spacial score (nSPS) is 18.4. The topological polar surface area (TPSA) is 108 Å². The molecule has 4 rings (SSSR count). The molecule has 0 aliphatic carbocycles. The van der Waals surface area contributed by atoms with Crippen LogP contribution in [-0.2, 0) is 0 Å². The van der Waals surface area contributed by atoms with Crippen molar-refractivity contribution >= 4 is 11.6 Å². The quantitative estimate of drug-likeness (QED) is 0.599. The van der Waals surface area contributed by atoms with Gasteiger partial charge < -0.3 is 16.0 Å². The van der Waals surface area contributed by atoms with Crippen LogP contribution in [0.1, 0.15) is 48.1 Å². The molecule has 1 unspecified atom stereocenters. The monoisotopic (exact) mass is 462 g/mol. The Hall–Kier alpha value is -3.90. The highest BCUT2D eigenvalue weighted by Crippen LogP contribution is 2.39. The third-order valence-electron chi connectivity index (χ3n) is 5.85. The van der Waals surface area contributed by atoms with E-state index in [9.17, 15) is 18.8 Å². The maximum absolute atomic E-state index is 14.1. The Labute approximate surface area is 196 Å². The lowest BCUT2D eigenvalue weighted by Crippen LogP contribution is -2.40. The average molecular weight is 463 g/mol. The molecule has 1 aromatic carbocycles. The standard InChI is InChI=1S/C25H24F2N6O/c1-15(20-5-3-4-7-30-20)32-24(34)19-13-31-21(12-28)22(16-9-17(26)11-18(27)10-16)23(19)33-8-6-25(2,29)14-33/h3-5,7,9-11,13,15H,6,8,14,29H2,1-2H3,(H,32,34)/t15?,25-/m0/s1. The smallest absolute Gasteiger partial charge is 0.255 e. The lowest BCUT2D eigenvalue weighted by Gasteiger charge is -2.27. The van der Waals surface area contributed by atoms with Crippen molar-refractivity contribution in [2.75, 3.05) is 18.0 Å². The molecule has 0 spiro atoms. The van der Waals surface area contributed by atoms with E-state index in [1.807, 2.05) is 24.0 Å². The van der Waals surface area contributed by atoms with Gasteiger partial charge in [0.15, 0.2) is 0 Å².